The van der Waals surface area contributed by atoms with E-state index in [1.54, 1.807) is 6.26 Å². The molecule has 0 bridgehead atoms. The van der Waals surface area contributed by atoms with Gasteiger partial charge >= 0.3 is 0 Å². The van der Waals surface area contributed by atoms with Gasteiger partial charge < -0.3 is 14.7 Å². The van der Waals surface area contributed by atoms with Crippen LogP contribution in [0.2, 0.25) is 0 Å². The van der Waals surface area contributed by atoms with Crippen LogP contribution < -0.4 is 0 Å². The second-order valence-corrected chi connectivity index (χ2v) is 5.77. The maximum Gasteiger partial charge on any atom is 0.166 e. The number of Topliss-reactive ketones (excluding diaryl/α,β-unsaturated/α-hetero) is 2. The van der Waals surface area contributed by atoms with Crippen LogP contribution in [0.5, 0.6) is 0 Å². The quantitative estimate of drug-likeness (QED) is 0.702. The van der Waals surface area contributed by atoms with E-state index in [0.717, 1.165) is 17.7 Å². The molecule has 4 aliphatic rings. The Morgan fingerprint density at radius 2 is 2.20 bits per heavy atom. The Labute approximate surface area is 116 Å². The highest BCUT2D eigenvalue weighted by Gasteiger charge is 2.47. The normalized spacial score (nSPS) is 35.4. The lowest BCUT2D eigenvalue weighted by atomic mass is 9.73. The Kier molecular flexibility index (Phi) is 2.41. The molecule has 4 rings (SSSR count). The van der Waals surface area contributed by atoms with Crippen molar-refractivity contribution >= 4 is 11.6 Å². The van der Waals surface area contributed by atoms with E-state index in [4.69, 9.17) is 4.74 Å². The number of carbonyl (C=O) groups excluding carboxylic acids is 2. The van der Waals surface area contributed by atoms with Crippen LogP contribution >= 0.6 is 0 Å². The molecule has 3 atom stereocenters. The molecule has 5 nitrogen and oxygen atoms in total. The summed E-state index contributed by atoms with van der Waals surface area (Å²) < 4.78 is 5.70. The van der Waals surface area contributed by atoms with Crippen LogP contribution in [0.3, 0.4) is 0 Å². The van der Waals surface area contributed by atoms with E-state index in [1.807, 2.05) is 17.2 Å². The molecule has 104 valence electrons. The summed E-state index contributed by atoms with van der Waals surface area (Å²) in [4.78, 5) is 25.8. The van der Waals surface area contributed by atoms with Crippen LogP contribution in [0.25, 0.3) is 0 Å². The monoisotopic (exact) mass is 273 g/mol. The summed E-state index contributed by atoms with van der Waals surface area (Å²) in [6.07, 6.45) is 5.56. The number of hydrogen-bond donors (Lipinski definition) is 1. The highest BCUT2D eigenvalue weighted by atomic mass is 16.5. The van der Waals surface area contributed by atoms with Crippen LogP contribution in [-0.4, -0.2) is 40.3 Å². The lowest BCUT2D eigenvalue weighted by molar-refractivity contribution is -0.129. The lowest BCUT2D eigenvalue weighted by Gasteiger charge is -2.46. The molecular weight excluding hydrogens is 258 g/mol. The van der Waals surface area contributed by atoms with Crippen LogP contribution in [0.15, 0.2) is 35.4 Å². The van der Waals surface area contributed by atoms with Crippen LogP contribution in [-0.2, 0) is 14.3 Å². The Morgan fingerprint density at radius 3 is 3.05 bits per heavy atom. The van der Waals surface area contributed by atoms with Crippen molar-refractivity contribution in [3.8, 4) is 0 Å². The maximum absolute atomic E-state index is 12.0. The van der Waals surface area contributed by atoms with Crippen molar-refractivity contribution in [1.82, 2.24) is 4.90 Å². The van der Waals surface area contributed by atoms with Crippen molar-refractivity contribution in [2.45, 2.75) is 31.5 Å². The van der Waals surface area contributed by atoms with Crippen molar-refractivity contribution in [1.29, 1.82) is 0 Å². The SMILES string of the molecule is O=C1CC2=C3C(CC(=O)C2O)C2OC=CCC2=CN3C1. The average molecular weight is 273 g/mol. The third-order valence-corrected chi connectivity index (χ3v) is 4.51. The first-order valence-electron chi connectivity index (χ1n) is 6.88. The van der Waals surface area contributed by atoms with Gasteiger partial charge in [-0.2, -0.15) is 0 Å². The Bertz CT molecular complexity index is 601. The second kappa shape index (κ2) is 4.06. The fraction of sp³-hybridized carbons (Fsp3) is 0.467. The molecule has 0 aromatic carbocycles. The Morgan fingerprint density at radius 1 is 1.35 bits per heavy atom. The highest BCUT2D eigenvalue weighted by molar-refractivity contribution is 5.93. The van der Waals surface area contributed by atoms with Gasteiger partial charge in [0.05, 0.1) is 12.8 Å². The molecule has 0 saturated heterocycles. The zero-order valence-electron chi connectivity index (χ0n) is 10.9. The van der Waals surface area contributed by atoms with Crippen LogP contribution in [0.1, 0.15) is 19.3 Å². The number of allylic oxidation sites excluding steroid dienone is 1. The van der Waals surface area contributed by atoms with E-state index < -0.39 is 6.10 Å². The fourth-order valence-electron chi connectivity index (χ4n) is 3.70. The fourth-order valence-corrected chi connectivity index (χ4v) is 3.70. The molecule has 0 amide bonds. The molecular formula is C15H15NO4. The van der Waals surface area contributed by atoms with Crippen LogP contribution in [0, 0.1) is 5.92 Å². The van der Waals surface area contributed by atoms with E-state index in [0.29, 0.717) is 12.1 Å². The number of ketones is 2. The summed E-state index contributed by atoms with van der Waals surface area (Å²) in [6.45, 7) is 0.330. The van der Waals surface area contributed by atoms with E-state index in [-0.39, 0.29) is 36.4 Å². The largest absolute Gasteiger partial charge is 0.493 e. The summed E-state index contributed by atoms with van der Waals surface area (Å²) in [6, 6.07) is 0. The molecule has 5 heteroatoms. The maximum atomic E-state index is 12.0. The smallest absolute Gasteiger partial charge is 0.166 e. The van der Waals surface area contributed by atoms with Gasteiger partial charge in [0, 0.05) is 30.7 Å². The number of ether oxygens (including phenoxy) is 1. The van der Waals surface area contributed by atoms with Gasteiger partial charge in [-0.05, 0) is 23.6 Å². The first kappa shape index (κ1) is 11.9. The minimum atomic E-state index is -1.12. The van der Waals surface area contributed by atoms with Gasteiger partial charge in [0.1, 0.15) is 12.2 Å². The molecule has 0 aromatic heterocycles. The van der Waals surface area contributed by atoms with E-state index in [9.17, 15) is 14.7 Å². The minimum absolute atomic E-state index is 0.0406. The molecule has 3 unspecified atom stereocenters. The molecule has 3 heterocycles. The van der Waals surface area contributed by atoms with Gasteiger partial charge in [-0.1, -0.05) is 0 Å². The topological polar surface area (TPSA) is 66.8 Å². The predicted octanol–water partition coefficient (Wildman–Crippen LogP) is 0.665. The molecule has 0 saturated carbocycles. The van der Waals surface area contributed by atoms with Gasteiger partial charge in [0.15, 0.2) is 11.6 Å². The van der Waals surface area contributed by atoms with Crippen molar-refractivity contribution in [2.75, 3.05) is 6.54 Å². The van der Waals surface area contributed by atoms with Crippen molar-refractivity contribution in [2.24, 2.45) is 5.92 Å². The number of fused-ring (bicyclic) bond motifs is 2. The van der Waals surface area contributed by atoms with Crippen molar-refractivity contribution < 1.29 is 19.4 Å². The van der Waals surface area contributed by atoms with E-state index in [1.165, 1.54) is 0 Å². The Balaban J connectivity index is 1.88. The van der Waals surface area contributed by atoms with Gasteiger partial charge in [0.2, 0.25) is 0 Å². The third-order valence-electron chi connectivity index (χ3n) is 4.51. The second-order valence-electron chi connectivity index (χ2n) is 5.77. The first-order valence-corrected chi connectivity index (χ1v) is 6.88. The summed E-state index contributed by atoms with van der Waals surface area (Å²) >= 11 is 0. The number of aliphatic hydroxyl groups is 1. The molecule has 20 heavy (non-hydrogen) atoms. The highest BCUT2D eigenvalue weighted by Crippen LogP contribution is 2.44. The van der Waals surface area contributed by atoms with E-state index >= 15 is 0 Å². The number of aliphatic hydroxyl groups excluding tert-OH is 1. The molecule has 0 spiro atoms. The first-order chi connectivity index (χ1) is 9.65. The number of carbonyl (C=O) groups is 2. The predicted molar refractivity (Wildman–Crippen MR) is 69.2 cm³/mol. The van der Waals surface area contributed by atoms with Gasteiger partial charge in [-0.15, -0.1) is 0 Å². The summed E-state index contributed by atoms with van der Waals surface area (Å²) in [5.74, 6) is -0.236. The van der Waals surface area contributed by atoms with Gasteiger partial charge in [-0.25, -0.2) is 0 Å². The summed E-state index contributed by atoms with van der Waals surface area (Å²) in [5, 5.41) is 10.1. The summed E-state index contributed by atoms with van der Waals surface area (Å²) in [7, 11) is 0. The molecule has 0 radical (unpaired) electrons. The molecule has 1 aliphatic carbocycles. The van der Waals surface area contributed by atoms with E-state index in [2.05, 4.69) is 0 Å². The summed E-state index contributed by atoms with van der Waals surface area (Å²) in [5.41, 5.74) is 2.61. The van der Waals surface area contributed by atoms with Gasteiger partial charge in [0.25, 0.3) is 0 Å². The lowest BCUT2D eigenvalue weighted by Crippen LogP contribution is -2.50. The van der Waals surface area contributed by atoms with Gasteiger partial charge in [-0.3, -0.25) is 9.59 Å². The molecule has 0 aromatic rings. The zero-order valence-corrected chi connectivity index (χ0v) is 10.9. The van der Waals surface area contributed by atoms with Crippen molar-refractivity contribution in [3.05, 3.63) is 35.4 Å². The molecule has 3 aliphatic heterocycles. The number of hydrogen-bond acceptors (Lipinski definition) is 5. The van der Waals surface area contributed by atoms with Crippen molar-refractivity contribution in [3.63, 3.8) is 0 Å². The zero-order chi connectivity index (χ0) is 13.9. The Hall–Kier alpha value is -1.88. The van der Waals surface area contributed by atoms with Crippen LogP contribution in [0.4, 0.5) is 0 Å². The molecule has 0 fully saturated rings. The number of rotatable bonds is 0. The minimum Gasteiger partial charge on any atom is -0.493 e. The average Bonchev–Trinajstić information content (AvgIpc) is 2.43. The third kappa shape index (κ3) is 1.53. The molecule has 1 N–H and O–H groups in total. The number of nitrogens with zero attached hydrogens (tertiary/aromatic N) is 1. The standard InChI is InChI=1S/C15H15NO4/c17-9-4-10-13-11(5-12(18)14(10)19)15-8(2-1-3-20-15)6-16(13)7-9/h1,3,6,11,14-15,19H,2,4-5,7H2.